The summed E-state index contributed by atoms with van der Waals surface area (Å²) < 4.78 is 12.6. The summed E-state index contributed by atoms with van der Waals surface area (Å²) in [6.07, 6.45) is 3.47. The quantitative estimate of drug-likeness (QED) is 0.823. The van der Waals surface area contributed by atoms with Crippen molar-refractivity contribution in [2.75, 3.05) is 12.8 Å². The molecule has 0 bridgehead atoms. The van der Waals surface area contributed by atoms with E-state index in [-0.39, 0.29) is 0 Å². The van der Waals surface area contributed by atoms with E-state index in [1.54, 1.807) is 30.1 Å². The van der Waals surface area contributed by atoms with Crippen LogP contribution in [-0.2, 0) is 6.54 Å². The average Bonchev–Trinajstić information content (AvgIpc) is 2.79. The lowest BCUT2D eigenvalue weighted by Crippen LogP contribution is -1.95. The third kappa shape index (κ3) is 2.33. The molecule has 0 amide bonds. The van der Waals surface area contributed by atoms with Crippen molar-refractivity contribution in [1.29, 1.82) is 0 Å². The van der Waals surface area contributed by atoms with E-state index in [2.05, 4.69) is 5.10 Å². The standard InChI is InChI=1S/C12H15N3O2/c1-3-15-8-9(7-14-15)17-11-6-4-5-10(16-2)12(11)13/h4-8H,3,13H2,1-2H3. The van der Waals surface area contributed by atoms with Gasteiger partial charge in [-0.2, -0.15) is 5.10 Å². The van der Waals surface area contributed by atoms with Crippen molar-refractivity contribution in [3.05, 3.63) is 30.6 Å². The third-order valence-corrected chi connectivity index (χ3v) is 2.41. The number of hydrogen-bond donors (Lipinski definition) is 1. The van der Waals surface area contributed by atoms with Crippen LogP contribution in [0.4, 0.5) is 5.69 Å². The maximum atomic E-state index is 5.90. The van der Waals surface area contributed by atoms with Crippen molar-refractivity contribution in [2.24, 2.45) is 0 Å². The van der Waals surface area contributed by atoms with Gasteiger partial charge >= 0.3 is 0 Å². The summed E-state index contributed by atoms with van der Waals surface area (Å²) in [7, 11) is 1.57. The smallest absolute Gasteiger partial charge is 0.165 e. The number of aromatic nitrogens is 2. The fraction of sp³-hybridized carbons (Fsp3) is 0.250. The first-order chi connectivity index (χ1) is 8.24. The maximum absolute atomic E-state index is 5.90. The van der Waals surface area contributed by atoms with Gasteiger partial charge < -0.3 is 15.2 Å². The molecule has 0 saturated carbocycles. The molecule has 2 rings (SSSR count). The average molecular weight is 233 g/mol. The molecular formula is C12H15N3O2. The Balaban J connectivity index is 2.23. The Bertz CT molecular complexity index is 508. The van der Waals surface area contributed by atoms with E-state index in [9.17, 15) is 0 Å². The Morgan fingerprint density at radius 2 is 2.12 bits per heavy atom. The number of anilines is 1. The Hall–Kier alpha value is -2.17. The van der Waals surface area contributed by atoms with E-state index >= 15 is 0 Å². The van der Waals surface area contributed by atoms with Gasteiger partial charge in [0.2, 0.25) is 0 Å². The number of para-hydroxylation sites is 1. The van der Waals surface area contributed by atoms with Crippen LogP contribution in [0.2, 0.25) is 0 Å². The van der Waals surface area contributed by atoms with Gasteiger partial charge in [-0.05, 0) is 19.1 Å². The Kier molecular flexibility index (Phi) is 3.18. The van der Waals surface area contributed by atoms with Crippen LogP contribution in [0.15, 0.2) is 30.6 Å². The number of aryl methyl sites for hydroxylation is 1. The first-order valence-electron chi connectivity index (χ1n) is 5.37. The van der Waals surface area contributed by atoms with Crippen LogP contribution in [0.5, 0.6) is 17.2 Å². The number of nitrogens with two attached hydrogens (primary N) is 1. The number of benzene rings is 1. The van der Waals surface area contributed by atoms with Crippen molar-refractivity contribution in [3.63, 3.8) is 0 Å². The number of nitrogen functional groups attached to an aromatic ring is 1. The molecule has 1 heterocycles. The second-order valence-corrected chi connectivity index (χ2v) is 3.51. The predicted molar refractivity (Wildman–Crippen MR) is 65.4 cm³/mol. The SMILES string of the molecule is CCn1cc(Oc2cccc(OC)c2N)cn1. The lowest BCUT2D eigenvalue weighted by molar-refractivity contribution is 0.412. The summed E-state index contributed by atoms with van der Waals surface area (Å²) in [5, 5.41) is 4.12. The van der Waals surface area contributed by atoms with Crippen LogP contribution >= 0.6 is 0 Å². The van der Waals surface area contributed by atoms with E-state index in [0.717, 1.165) is 6.54 Å². The van der Waals surface area contributed by atoms with Gasteiger partial charge in [-0.15, -0.1) is 0 Å². The highest BCUT2D eigenvalue weighted by Gasteiger charge is 2.08. The minimum Gasteiger partial charge on any atom is -0.494 e. The zero-order chi connectivity index (χ0) is 12.3. The van der Waals surface area contributed by atoms with Crippen LogP contribution in [-0.4, -0.2) is 16.9 Å². The van der Waals surface area contributed by atoms with E-state index in [0.29, 0.717) is 22.9 Å². The van der Waals surface area contributed by atoms with Crippen LogP contribution in [0.25, 0.3) is 0 Å². The summed E-state index contributed by atoms with van der Waals surface area (Å²) in [5.41, 5.74) is 6.39. The number of methoxy groups -OCH3 is 1. The molecule has 1 aromatic carbocycles. The summed E-state index contributed by atoms with van der Waals surface area (Å²) in [4.78, 5) is 0. The van der Waals surface area contributed by atoms with Gasteiger partial charge in [0.1, 0.15) is 11.4 Å². The first-order valence-corrected chi connectivity index (χ1v) is 5.37. The zero-order valence-electron chi connectivity index (χ0n) is 9.88. The van der Waals surface area contributed by atoms with E-state index in [1.807, 2.05) is 19.2 Å². The molecular weight excluding hydrogens is 218 g/mol. The Morgan fingerprint density at radius 1 is 1.35 bits per heavy atom. The van der Waals surface area contributed by atoms with Gasteiger partial charge in [0.25, 0.3) is 0 Å². The van der Waals surface area contributed by atoms with Crippen LogP contribution in [0.1, 0.15) is 6.92 Å². The molecule has 0 atom stereocenters. The normalized spacial score (nSPS) is 10.2. The summed E-state index contributed by atoms with van der Waals surface area (Å²) >= 11 is 0. The highest BCUT2D eigenvalue weighted by atomic mass is 16.5. The minimum absolute atomic E-state index is 0.485. The van der Waals surface area contributed by atoms with Gasteiger partial charge in [-0.1, -0.05) is 6.07 Å². The second kappa shape index (κ2) is 4.78. The van der Waals surface area contributed by atoms with Crippen molar-refractivity contribution in [3.8, 4) is 17.2 Å². The Morgan fingerprint density at radius 3 is 2.76 bits per heavy atom. The molecule has 0 unspecified atom stereocenters. The molecule has 5 heteroatoms. The molecule has 90 valence electrons. The summed E-state index contributed by atoms with van der Waals surface area (Å²) in [6.45, 7) is 2.81. The van der Waals surface area contributed by atoms with Crippen molar-refractivity contribution in [1.82, 2.24) is 9.78 Å². The lowest BCUT2D eigenvalue weighted by Gasteiger charge is -2.09. The molecule has 2 aromatic rings. The third-order valence-electron chi connectivity index (χ3n) is 2.41. The largest absolute Gasteiger partial charge is 0.494 e. The maximum Gasteiger partial charge on any atom is 0.165 e. The van der Waals surface area contributed by atoms with Crippen molar-refractivity contribution < 1.29 is 9.47 Å². The van der Waals surface area contributed by atoms with Crippen LogP contribution < -0.4 is 15.2 Å². The highest BCUT2D eigenvalue weighted by molar-refractivity contribution is 5.63. The molecule has 0 fully saturated rings. The molecule has 0 aliphatic carbocycles. The van der Waals surface area contributed by atoms with Crippen LogP contribution in [0, 0.1) is 0 Å². The minimum atomic E-state index is 0.485. The van der Waals surface area contributed by atoms with Crippen molar-refractivity contribution in [2.45, 2.75) is 13.5 Å². The number of ether oxygens (including phenoxy) is 2. The summed E-state index contributed by atoms with van der Waals surface area (Å²) in [6, 6.07) is 5.41. The molecule has 0 aliphatic heterocycles. The number of hydrogen-bond acceptors (Lipinski definition) is 4. The van der Waals surface area contributed by atoms with Gasteiger partial charge in [-0.3, -0.25) is 4.68 Å². The van der Waals surface area contributed by atoms with E-state index in [1.165, 1.54) is 0 Å². The lowest BCUT2D eigenvalue weighted by atomic mass is 10.3. The van der Waals surface area contributed by atoms with Gasteiger partial charge in [-0.25, -0.2) is 0 Å². The molecule has 17 heavy (non-hydrogen) atoms. The Labute approximate surface area is 99.8 Å². The zero-order valence-corrected chi connectivity index (χ0v) is 9.88. The molecule has 1 aromatic heterocycles. The van der Waals surface area contributed by atoms with Crippen LogP contribution in [0.3, 0.4) is 0 Å². The fourth-order valence-electron chi connectivity index (χ4n) is 1.49. The van der Waals surface area contributed by atoms with E-state index in [4.69, 9.17) is 15.2 Å². The highest BCUT2D eigenvalue weighted by Crippen LogP contribution is 2.33. The topological polar surface area (TPSA) is 62.3 Å². The van der Waals surface area contributed by atoms with Gasteiger partial charge in [0.15, 0.2) is 11.5 Å². The van der Waals surface area contributed by atoms with Gasteiger partial charge in [0.05, 0.1) is 19.5 Å². The fourth-order valence-corrected chi connectivity index (χ4v) is 1.49. The molecule has 0 radical (unpaired) electrons. The molecule has 5 nitrogen and oxygen atoms in total. The second-order valence-electron chi connectivity index (χ2n) is 3.51. The van der Waals surface area contributed by atoms with Crippen molar-refractivity contribution >= 4 is 5.69 Å². The van der Waals surface area contributed by atoms with E-state index < -0.39 is 0 Å². The molecule has 0 saturated heterocycles. The molecule has 2 N–H and O–H groups in total. The number of rotatable bonds is 4. The number of nitrogens with zero attached hydrogens (tertiary/aromatic N) is 2. The molecule has 0 aliphatic rings. The molecule has 0 spiro atoms. The first kappa shape index (κ1) is 11.3. The predicted octanol–water partition coefficient (Wildman–Crippen LogP) is 2.29. The van der Waals surface area contributed by atoms with Gasteiger partial charge in [0, 0.05) is 6.54 Å². The summed E-state index contributed by atoms with van der Waals surface area (Å²) in [5.74, 6) is 1.83. The monoisotopic (exact) mass is 233 g/mol.